The molecule has 0 radical (unpaired) electrons. The van der Waals surface area contributed by atoms with Crippen LogP contribution in [0.4, 0.5) is 0 Å². The van der Waals surface area contributed by atoms with Crippen LogP contribution in [0.25, 0.3) is 0 Å². The first-order chi connectivity index (χ1) is 13.4. The van der Waals surface area contributed by atoms with E-state index in [1.54, 1.807) is 11.1 Å². The fraction of sp³-hybridized carbons (Fsp3) is 0.385. The van der Waals surface area contributed by atoms with Crippen LogP contribution in [-0.4, -0.2) is 0 Å². The van der Waals surface area contributed by atoms with Crippen molar-refractivity contribution < 1.29 is 0 Å². The third-order valence-electron chi connectivity index (χ3n) is 6.61. The maximum atomic E-state index is 3.78. The van der Waals surface area contributed by atoms with Gasteiger partial charge in [0, 0.05) is 17.3 Å². The number of hydrogen-bond acceptors (Lipinski definition) is 1. The zero-order valence-electron chi connectivity index (χ0n) is 16.0. The molecular formula is C26H29N. The summed E-state index contributed by atoms with van der Waals surface area (Å²) >= 11 is 0. The minimum Gasteiger partial charge on any atom is -0.359 e. The lowest BCUT2D eigenvalue weighted by molar-refractivity contribution is 0.384. The van der Waals surface area contributed by atoms with Gasteiger partial charge in [-0.15, -0.1) is 0 Å². The first-order valence-electron chi connectivity index (χ1n) is 10.7. The van der Waals surface area contributed by atoms with E-state index in [9.17, 15) is 0 Å². The van der Waals surface area contributed by atoms with Crippen LogP contribution >= 0.6 is 0 Å². The van der Waals surface area contributed by atoms with Gasteiger partial charge in [0.05, 0.1) is 0 Å². The van der Waals surface area contributed by atoms with Crippen LogP contribution in [0.2, 0.25) is 0 Å². The zero-order chi connectivity index (χ0) is 18.1. The van der Waals surface area contributed by atoms with Crippen molar-refractivity contribution in [1.29, 1.82) is 0 Å². The quantitative estimate of drug-likeness (QED) is 0.572. The predicted molar refractivity (Wildman–Crippen MR) is 114 cm³/mol. The van der Waals surface area contributed by atoms with Gasteiger partial charge >= 0.3 is 0 Å². The molecule has 0 aromatic carbocycles. The van der Waals surface area contributed by atoms with E-state index < -0.39 is 0 Å². The highest BCUT2D eigenvalue weighted by molar-refractivity contribution is 5.63. The van der Waals surface area contributed by atoms with Gasteiger partial charge < -0.3 is 5.32 Å². The minimum atomic E-state index is 0.495. The van der Waals surface area contributed by atoms with Crippen molar-refractivity contribution in [3.8, 4) is 0 Å². The first-order valence-corrected chi connectivity index (χ1v) is 10.7. The minimum absolute atomic E-state index is 0.495. The summed E-state index contributed by atoms with van der Waals surface area (Å²) < 4.78 is 0. The highest BCUT2D eigenvalue weighted by atomic mass is 14.9. The van der Waals surface area contributed by atoms with Crippen molar-refractivity contribution in [2.75, 3.05) is 0 Å². The van der Waals surface area contributed by atoms with E-state index >= 15 is 0 Å². The molecule has 27 heavy (non-hydrogen) atoms. The zero-order valence-corrected chi connectivity index (χ0v) is 16.0. The van der Waals surface area contributed by atoms with E-state index in [1.807, 2.05) is 0 Å². The molecule has 0 aromatic rings. The molecule has 0 bridgehead atoms. The van der Waals surface area contributed by atoms with Crippen LogP contribution in [0.3, 0.4) is 0 Å². The molecule has 3 atom stereocenters. The van der Waals surface area contributed by atoms with Gasteiger partial charge in [0.1, 0.15) is 0 Å². The number of hydrogen-bond donors (Lipinski definition) is 1. The summed E-state index contributed by atoms with van der Waals surface area (Å²) in [5.74, 6) is 1.74. The van der Waals surface area contributed by atoms with Gasteiger partial charge in [-0.25, -0.2) is 0 Å². The lowest BCUT2D eigenvalue weighted by atomic mass is 9.66. The number of rotatable bonds is 4. The fourth-order valence-electron chi connectivity index (χ4n) is 5.15. The monoisotopic (exact) mass is 355 g/mol. The number of fused-ring (bicyclic) bond motifs is 1. The van der Waals surface area contributed by atoms with E-state index in [0.717, 1.165) is 12.8 Å². The Morgan fingerprint density at radius 2 is 1.85 bits per heavy atom. The summed E-state index contributed by atoms with van der Waals surface area (Å²) in [6.45, 7) is 0. The van der Waals surface area contributed by atoms with E-state index in [4.69, 9.17) is 0 Å². The van der Waals surface area contributed by atoms with Crippen LogP contribution in [0.15, 0.2) is 94.9 Å². The molecule has 0 spiro atoms. The standard InChI is InChI=1S/C26H29N/c1-3-10-20(11-4-1)24-18-25(27-21-14-5-2-6-15-21)26(24)23-17-9-13-19-12-7-8-16-22(19)23/h2,5,7-10,12,14,16-19,22-23,27H,1,3-4,6,11,13,15H2. The summed E-state index contributed by atoms with van der Waals surface area (Å²) in [6, 6.07) is 0. The Morgan fingerprint density at radius 3 is 2.70 bits per heavy atom. The Balaban J connectivity index is 1.48. The number of nitrogens with one attached hydrogen (secondary N) is 1. The molecule has 5 aliphatic carbocycles. The Hall–Kier alpha value is -2.28. The van der Waals surface area contributed by atoms with Crippen LogP contribution < -0.4 is 5.32 Å². The van der Waals surface area contributed by atoms with Gasteiger partial charge in [-0.1, -0.05) is 54.7 Å². The molecule has 0 saturated carbocycles. The van der Waals surface area contributed by atoms with E-state index in [1.165, 1.54) is 49.1 Å². The van der Waals surface area contributed by atoms with Gasteiger partial charge in [0.2, 0.25) is 0 Å². The lowest BCUT2D eigenvalue weighted by Gasteiger charge is -2.40. The number of allylic oxidation sites excluding steroid dienone is 15. The summed E-state index contributed by atoms with van der Waals surface area (Å²) in [5, 5.41) is 3.78. The molecule has 1 nitrogen and oxygen atoms in total. The average Bonchev–Trinajstić information content (AvgIpc) is 2.72. The topological polar surface area (TPSA) is 12.0 Å². The Bertz CT molecular complexity index is 853. The normalized spacial score (nSPS) is 31.7. The molecule has 0 aromatic heterocycles. The molecule has 0 amide bonds. The molecule has 3 unspecified atom stereocenters. The molecule has 1 heteroatoms. The smallest absolute Gasteiger partial charge is 0.0433 e. The fourth-order valence-corrected chi connectivity index (χ4v) is 5.15. The Morgan fingerprint density at radius 1 is 0.889 bits per heavy atom. The molecular weight excluding hydrogens is 326 g/mol. The average molecular weight is 356 g/mol. The second kappa shape index (κ2) is 7.38. The summed E-state index contributed by atoms with van der Waals surface area (Å²) in [4.78, 5) is 0. The summed E-state index contributed by atoms with van der Waals surface area (Å²) in [7, 11) is 0. The summed E-state index contributed by atoms with van der Waals surface area (Å²) in [5.41, 5.74) is 7.39. The highest BCUT2D eigenvalue weighted by Crippen LogP contribution is 2.47. The third-order valence-corrected chi connectivity index (χ3v) is 6.61. The van der Waals surface area contributed by atoms with Crippen molar-refractivity contribution in [3.05, 3.63) is 94.9 Å². The lowest BCUT2D eigenvalue weighted by Crippen LogP contribution is -2.32. The van der Waals surface area contributed by atoms with Crippen molar-refractivity contribution in [3.63, 3.8) is 0 Å². The second-order valence-corrected chi connectivity index (χ2v) is 8.34. The molecule has 5 aliphatic rings. The van der Waals surface area contributed by atoms with Gasteiger partial charge in [-0.05, 0) is 85.7 Å². The van der Waals surface area contributed by atoms with Crippen LogP contribution in [0.1, 0.15) is 44.9 Å². The van der Waals surface area contributed by atoms with E-state index in [0.29, 0.717) is 17.8 Å². The van der Waals surface area contributed by atoms with Crippen molar-refractivity contribution >= 4 is 0 Å². The van der Waals surface area contributed by atoms with Gasteiger partial charge in [-0.2, -0.15) is 0 Å². The van der Waals surface area contributed by atoms with Gasteiger partial charge in [0.25, 0.3) is 0 Å². The SMILES string of the molecule is C1=CCCC(NC2=CC(C3=CCCCC3)=C2C2C=CCC3C=CC=CC32)=C1. The molecule has 1 N–H and O–H groups in total. The Kier molecular flexibility index (Phi) is 4.61. The molecule has 0 saturated heterocycles. The van der Waals surface area contributed by atoms with Crippen molar-refractivity contribution in [1.82, 2.24) is 5.32 Å². The molecule has 0 aliphatic heterocycles. The van der Waals surface area contributed by atoms with Gasteiger partial charge in [0.15, 0.2) is 0 Å². The van der Waals surface area contributed by atoms with Crippen molar-refractivity contribution in [2.45, 2.75) is 44.9 Å². The predicted octanol–water partition coefficient (Wildman–Crippen LogP) is 6.44. The second-order valence-electron chi connectivity index (χ2n) is 8.34. The first kappa shape index (κ1) is 16.9. The van der Waals surface area contributed by atoms with E-state index in [2.05, 4.69) is 72.2 Å². The molecule has 138 valence electrons. The van der Waals surface area contributed by atoms with Crippen molar-refractivity contribution in [2.24, 2.45) is 17.8 Å². The third kappa shape index (κ3) is 3.25. The van der Waals surface area contributed by atoms with Gasteiger partial charge in [-0.3, -0.25) is 0 Å². The van der Waals surface area contributed by atoms with Crippen LogP contribution in [0.5, 0.6) is 0 Å². The summed E-state index contributed by atoms with van der Waals surface area (Å²) in [6.07, 6.45) is 34.4. The molecule has 0 fully saturated rings. The molecule has 0 heterocycles. The highest BCUT2D eigenvalue weighted by Gasteiger charge is 2.36. The maximum Gasteiger partial charge on any atom is 0.0433 e. The Labute approximate surface area is 163 Å². The van der Waals surface area contributed by atoms with Crippen LogP contribution in [0, 0.1) is 17.8 Å². The van der Waals surface area contributed by atoms with Crippen LogP contribution in [-0.2, 0) is 0 Å². The van der Waals surface area contributed by atoms with E-state index in [-0.39, 0.29) is 0 Å². The maximum absolute atomic E-state index is 3.78. The largest absolute Gasteiger partial charge is 0.359 e. The molecule has 5 rings (SSSR count).